The van der Waals surface area contributed by atoms with Crippen molar-refractivity contribution in [3.63, 3.8) is 0 Å². The summed E-state index contributed by atoms with van der Waals surface area (Å²) in [5.74, 6) is -1.10. The van der Waals surface area contributed by atoms with E-state index in [1.807, 2.05) is 0 Å². The summed E-state index contributed by atoms with van der Waals surface area (Å²) in [6.45, 7) is 0. The van der Waals surface area contributed by atoms with Gasteiger partial charge in [0.05, 0.1) is 25.0 Å². The van der Waals surface area contributed by atoms with Crippen molar-refractivity contribution in [2.75, 3.05) is 14.2 Å². The number of carbonyl (C=O) groups is 2. The molecule has 94 valence electrons. The van der Waals surface area contributed by atoms with Crippen LogP contribution in [0.5, 0.6) is 0 Å². The summed E-state index contributed by atoms with van der Waals surface area (Å²) in [6.07, 6.45) is 0.904. The molecule has 0 amide bonds. The minimum absolute atomic E-state index is 0.130. The fourth-order valence-corrected chi connectivity index (χ4v) is 5.54. The highest BCUT2D eigenvalue weighted by Gasteiger charge is 2.96. The first-order valence-electron chi connectivity index (χ1n) is 5.42. The van der Waals surface area contributed by atoms with E-state index in [2.05, 4.69) is 0 Å². The Hall–Kier alpha value is -0.480. The van der Waals surface area contributed by atoms with Crippen molar-refractivity contribution in [2.24, 2.45) is 22.7 Å². The Bertz CT molecular complexity index is 405. The maximum absolute atomic E-state index is 11.9. The Balaban J connectivity index is 2.00. The second-order valence-electron chi connectivity index (χ2n) is 5.19. The standard InChI is InChI=1S/C11H12Cl2O4/c1-16-7(14)9-4-10(8(15)17-2)5(9)3-11(12,13)6(9)10/h5-6H,3-4H2,1-2H3. The van der Waals surface area contributed by atoms with Crippen LogP contribution in [0.3, 0.4) is 0 Å². The summed E-state index contributed by atoms with van der Waals surface area (Å²) in [7, 11) is 2.69. The molecular formula is C11H12Cl2O4. The first-order valence-corrected chi connectivity index (χ1v) is 6.18. The molecule has 5 aliphatic rings. The van der Waals surface area contributed by atoms with Crippen LogP contribution in [0, 0.1) is 22.7 Å². The van der Waals surface area contributed by atoms with Crippen LogP contribution >= 0.6 is 23.2 Å². The van der Waals surface area contributed by atoms with Gasteiger partial charge in [0.2, 0.25) is 0 Å². The second kappa shape index (κ2) is 2.91. The fraction of sp³-hybridized carbons (Fsp3) is 0.818. The molecule has 0 aromatic heterocycles. The number of rotatable bonds is 2. The van der Waals surface area contributed by atoms with Crippen molar-refractivity contribution in [1.82, 2.24) is 0 Å². The van der Waals surface area contributed by atoms with Crippen molar-refractivity contribution in [1.29, 1.82) is 0 Å². The molecule has 6 heteroatoms. The van der Waals surface area contributed by atoms with Crippen LogP contribution in [0.15, 0.2) is 0 Å². The highest BCUT2D eigenvalue weighted by Crippen LogP contribution is 2.91. The van der Waals surface area contributed by atoms with Gasteiger partial charge in [0.1, 0.15) is 4.33 Å². The first-order chi connectivity index (χ1) is 7.88. The predicted molar refractivity (Wildman–Crippen MR) is 59.5 cm³/mol. The van der Waals surface area contributed by atoms with E-state index in [0.717, 1.165) is 0 Å². The smallest absolute Gasteiger partial charge is 0.312 e. The quantitative estimate of drug-likeness (QED) is 0.568. The van der Waals surface area contributed by atoms with Crippen molar-refractivity contribution < 1.29 is 19.1 Å². The summed E-state index contributed by atoms with van der Waals surface area (Å²) in [5, 5.41) is 0. The number of hydrogen-bond acceptors (Lipinski definition) is 4. The van der Waals surface area contributed by atoms with E-state index in [4.69, 9.17) is 32.7 Å². The highest BCUT2D eigenvalue weighted by molar-refractivity contribution is 6.49. The van der Waals surface area contributed by atoms with Gasteiger partial charge in [-0.1, -0.05) is 0 Å². The Kier molecular flexibility index (Phi) is 1.99. The molecule has 0 aromatic carbocycles. The Morgan fingerprint density at radius 2 is 1.59 bits per heavy atom. The molecule has 4 bridgehead atoms. The van der Waals surface area contributed by atoms with E-state index in [-0.39, 0.29) is 23.8 Å². The summed E-state index contributed by atoms with van der Waals surface area (Å²) < 4.78 is 8.62. The zero-order chi connectivity index (χ0) is 12.6. The summed E-state index contributed by atoms with van der Waals surface area (Å²) in [5.41, 5.74) is -1.29. The van der Waals surface area contributed by atoms with Crippen LogP contribution in [0.2, 0.25) is 0 Å². The number of halogens is 2. The minimum atomic E-state index is -1.02. The van der Waals surface area contributed by atoms with Crippen LogP contribution in [0.1, 0.15) is 12.8 Å². The first kappa shape index (κ1) is 11.6. The van der Waals surface area contributed by atoms with Crippen molar-refractivity contribution in [2.45, 2.75) is 17.2 Å². The molecule has 0 heterocycles. The minimum Gasteiger partial charge on any atom is -0.469 e. The number of carbonyl (C=O) groups excluding carboxylic acids is 2. The Morgan fingerprint density at radius 1 is 1.12 bits per heavy atom. The van der Waals surface area contributed by atoms with E-state index >= 15 is 0 Å². The lowest BCUT2D eigenvalue weighted by Crippen LogP contribution is -2.80. The molecule has 0 aromatic rings. The molecule has 5 aliphatic carbocycles. The average Bonchev–Trinajstić information content (AvgIpc) is 2.56. The van der Waals surface area contributed by atoms with Gasteiger partial charge in [-0.3, -0.25) is 9.59 Å². The zero-order valence-corrected chi connectivity index (χ0v) is 11.0. The summed E-state index contributed by atoms with van der Waals surface area (Å²) >= 11 is 12.4. The van der Waals surface area contributed by atoms with Crippen LogP contribution in [-0.4, -0.2) is 30.5 Å². The number of hydrogen-bond donors (Lipinski definition) is 0. The normalized spacial score (nSPS) is 47.8. The fourth-order valence-electron chi connectivity index (χ4n) is 4.45. The Labute approximate surface area is 109 Å². The van der Waals surface area contributed by atoms with Gasteiger partial charge in [-0.05, 0) is 18.8 Å². The molecule has 17 heavy (non-hydrogen) atoms. The van der Waals surface area contributed by atoms with Crippen LogP contribution < -0.4 is 0 Å². The Morgan fingerprint density at radius 3 is 1.88 bits per heavy atom. The third-order valence-corrected chi connectivity index (χ3v) is 5.63. The molecule has 5 saturated carbocycles. The molecule has 4 nitrogen and oxygen atoms in total. The van der Waals surface area contributed by atoms with Gasteiger partial charge in [0, 0.05) is 5.92 Å². The average molecular weight is 279 g/mol. The van der Waals surface area contributed by atoms with Gasteiger partial charge in [0.25, 0.3) is 0 Å². The van der Waals surface area contributed by atoms with E-state index in [0.29, 0.717) is 12.8 Å². The predicted octanol–water partition coefficient (Wildman–Crippen LogP) is 1.53. The van der Waals surface area contributed by atoms with E-state index in [1.165, 1.54) is 14.2 Å². The van der Waals surface area contributed by atoms with Gasteiger partial charge >= 0.3 is 11.9 Å². The second-order valence-corrected chi connectivity index (χ2v) is 6.73. The molecule has 0 spiro atoms. The van der Waals surface area contributed by atoms with E-state index < -0.39 is 15.2 Å². The van der Waals surface area contributed by atoms with Crippen LogP contribution in [0.25, 0.3) is 0 Å². The van der Waals surface area contributed by atoms with Crippen molar-refractivity contribution >= 4 is 35.1 Å². The number of methoxy groups -OCH3 is 2. The van der Waals surface area contributed by atoms with E-state index in [1.54, 1.807) is 0 Å². The molecule has 5 fully saturated rings. The molecule has 0 saturated heterocycles. The summed E-state index contributed by atoms with van der Waals surface area (Å²) in [6, 6.07) is 0. The molecule has 5 rings (SSSR count). The molecule has 0 N–H and O–H groups in total. The van der Waals surface area contributed by atoms with Crippen LogP contribution in [0.4, 0.5) is 0 Å². The number of ether oxygens (including phenoxy) is 2. The largest absolute Gasteiger partial charge is 0.469 e. The zero-order valence-electron chi connectivity index (χ0n) is 9.46. The number of fused-ring (bicyclic) bond motifs is 1. The van der Waals surface area contributed by atoms with Crippen molar-refractivity contribution in [3.05, 3.63) is 0 Å². The molecule has 0 radical (unpaired) electrons. The molecular weight excluding hydrogens is 267 g/mol. The van der Waals surface area contributed by atoms with Crippen molar-refractivity contribution in [3.8, 4) is 0 Å². The highest BCUT2D eigenvalue weighted by atomic mass is 35.5. The number of esters is 2. The van der Waals surface area contributed by atoms with Gasteiger partial charge in [-0.2, -0.15) is 0 Å². The van der Waals surface area contributed by atoms with Gasteiger partial charge in [-0.15, -0.1) is 23.2 Å². The molecule has 2 atom stereocenters. The topological polar surface area (TPSA) is 52.6 Å². The number of alkyl halides is 2. The van der Waals surface area contributed by atoms with E-state index in [9.17, 15) is 9.59 Å². The van der Waals surface area contributed by atoms with Gasteiger partial charge in [-0.25, -0.2) is 0 Å². The SMILES string of the molecule is COC(=O)C12CC3(C(=O)OC)C1CC(Cl)(Cl)C23. The lowest BCUT2D eigenvalue weighted by molar-refractivity contribution is -0.290. The summed E-state index contributed by atoms with van der Waals surface area (Å²) in [4.78, 5) is 23.7. The molecule has 2 unspecified atom stereocenters. The third kappa shape index (κ3) is 0.888. The molecule has 0 aliphatic heterocycles. The van der Waals surface area contributed by atoms with Crippen LogP contribution in [-0.2, 0) is 19.1 Å². The maximum Gasteiger partial charge on any atom is 0.312 e. The van der Waals surface area contributed by atoms with Gasteiger partial charge < -0.3 is 9.47 Å². The van der Waals surface area contributed by atoms with Gasteiger partial charge in [0.15, 0.2) is 0 Å². The maximum atomic E-state index is 11.9. The lowest BCUT2D eigenvalue weighted by atomic mass is 9.27. The lowest BCUT2D eigenvalue weighted by Gasteiger charge is -2.73. The monoisotopic (exact) mass is 278 g/mol. The third-order valence-electron chi connectivity index (χ3n) is 4.89.